The molecule has 18 heavy (non-hydrogen) atoms. The number of benzene rings is 2. The number of thioether (sulfide) groups is 1. The number of carboxylic acids is 1. The maximum Gasteiger partial charge on any atom is 0.304 e. The van der Waals surface area contributed by atoms with Crippen LogP contribution in [0.5, 0.6) is 0 Å². The number of carbonyl (C=O) groups is 1. The predicted octanol–water partition coefficient (Wildman–Crippen LogP) is 3.28. The van der Waals surface area contributed by atoms with Crippen LogP contribution in [-0.4, -0.2) is 16.8 Å². The molecule has 0 bridgehead atoms. The molecule has 0 heterocycles. The van der Waals surface area contributed by atoms with Crippen LogP contribution in [0.1, 0.15) is 12.0 Å². The summed E-state index contributed by atoms with van der Waals surface area (Å²) in [7, 11) is 0. The third-order valence-corrected chi connectivity index (χ3v) is 3.65. The van der Waals surface area contributed by atoms with Crippen LogP contribution in [-0.2, 0) is 4.79 Å². The van der Waals surface area contributed by atoms with Crippen molar-refractivity contribution < 1.29 is 9.90 Å². The second kappa shape index (κ2) is 5.56. The lowest BCUT2D eigenvalue weighted by Crippen LogP contribution is -1.95. The van der Waals surface area contributed by atoms with E-state index in [0.717, 1.165) is 15.7 Å². The molecule has 0 aromatic heterocycles. The molecule has 0 saturated heterocycles. The van der Waals surface area contributed by atoms with Gasteiger partial charge in [0.2, 0.25) is 0 Å². The molecule has 0 spiro atoms. The zero-order valence-electron chi connectivity index (χ0n) is 9.59. The molecule has 2 aromatic rings. The predicted molar refractivity (Wildman–Crippen MR) is 71.6 cm³/mol. The number of hydrogen-bond donors (Lipinski definition) is 1. The number of rotatable bonds is 4. The average molecular weight is 257 g/mol. The highest BCUT2D eigenvalue weighted by Crippen LogP contribution is 2.30. The monoisotopic (exact) mass is 257 g/mol. The van der Waals surface area contributed by atoms with Crippen molar-refractivity contribution in [1.29, 1.82) is 5.26 Å². The lowest BCUT2D eigenvalue weighted by molar-refractivity contribution is -0.136. The van der Waals surface area contributed by atoms with Crippen LogP contribution < -0.4 is 0 Å². The van der Waals surface area contributed by atoms with Gasteiger partial charge in [-0.15, -0.1) is 11.8 Å². The van der Waals surface area contributed by atoms with E-state index in [0.29, 0.717) is 11.3 Å². The van der Waals surface area contributed by atoms with Crippen molar-refractivity contribution in [3.63, 3.8) is 0 Å². The summed E-state index contributed by atoms with van der Waals surface area (Å²) >= 11 is 1.51. The Bertz CT molecular complexity index is 631. The normalized spacial score (nSPS) is 10.2. The molecule has 2 aromatic carbocycles. The van der Waals surface area contributed by atoms with Crippen LogP contribution in [0.25, 0.3) is 10.8 Å². The molecule has 0 radical (unpaired) electrons. The van der Waals surface area contributed by atoms with E-state index in [-0.39, 0.29) is 6.42 Å². The molecule has 2 rings (SSSR count). The molecule has 90 valence electrons. The highest BCUT2D eigenvalue weighted by Gasteiger charge is 2.06. The van der Waals surface area contributed by atoms with E-state index in [4.69, 9.17) is 10.4 Å². The van der Waals surface area contributed by atoms with Crippen molar-refractivity contribution in [2.24, 2.45) is 0 Å². The van der Waals surface area contributed by atoms with Crippen LogP contribution in [0, 0.1) is 11.3 Å². The smallest absolute Gasteiger partial charge is 0.304 e. The molecule has 0 unspecified atom stereocenters. The molecular weight excluding hydrogens is 246 g/mol. The van der Waals surface area contributed by atoms with Crippen molar-refractivity contribution in [3.8, 4) is 6.07 Å². The maximum atomic E-state index is 10.5. The fraction of sp³-hybridized carbons (Fsp3) is 0.143. The van der Waals surface area contributed by atoms with Crippen LogP contribution in [0.2, 0.25) is 0 Å². The van der Waals surface area contributed by atoms with Crippen molar-refractivity contribution in [3.05, 3.63) is 42.0 Å². The van der Waals surface area contributed by atoms with E-state index in [9.17, 15) is 4.79 Å². The molecule has 0 amide bonds. The van der Waals surface area contributed by atoms with Crippen LogP contribution >= 0.6 is 11.8 Å². The quantitative estimate of drug-likeness (QED) is 0.854. The summed E-state index contributed by atoms with van der Waals surface area (Å²) in [5, 5.41) is 19.6. The molecule has 0 aliphatic carbocycles. The highest BCUT2D eigenvalue weighted by atomic mass is 32.2. The molecule has 0 atom stereocenters. The zero-order valence-corrected chi connectivity index (χ0v) is 10.4. The van der Waals surface area contributed by atoms with Gasteiger partial charge in [0.05, 0.1) is 18.1 Å². The second-order valence-corrected chi connectivity index (χ2v) is 4.90. The van der Waals surface area contributed by atoms with Gasteiger partial charge in [-0.3, -0.25) is 4.79 Å². The minimum atomic E-state index is -0.791. The number of carboxylic acid groups (broad SMARTS) is 1. The average Bonchev–Trinajstić information content (AvgIpc) is 2.38. The van der Waals surface area contributed by atoms with Gasteiger partial charge >= 0.3 is 5.97 Å². The first-order valence-corrected chi connectivity index (χ1v) is 6.47. The Balaban J connectivity index is 2.35. The Morgan fingerprint density at radius 3 is 2.61 bits per heavy atom. The first-order valence-electron chi connectivity index (χ1n) is 5.49. The van der Waals surface area contributed by atoms with Gasteiger partial charge in [0.15, 0.2) is 0 Å². The van der Waals surface area contributed by atoms with E-state index in [1.165, 1.54) is 11.8 Å². The lowest BCUT2D eigenvalue weighted by atomic mass is 10.1. The summed E-state index contributed by atoms with van der Waals surface area (Å²) in [6.45, 7) is 0. The summed E-state index contributed by atoms with van der Waals surface area (Å²) in [5.41, 5.74) is 0.646. The Hall–Kier alpha value is -1.99. The number of nitrogens with zero attached hydrogens (tertiary/aromatic N) is 1. The molecule has 0 aliphatic rings. The molecular formula is C14H11NO2S. The van der Waals surface area contributed by atoms with E-state index >= 15 is 0 Å². The molecule has 0 saturated carbocycles. The Morgan fingerprint density at radius 1 is 1.22 bits per heavy atom. The fourth-order valence-corrected chi connectivity index (χ4v) is 2.74. The van der Waals surface area contributed by atoms with Crippen LogP contribution in [0.15, 0.2) is 41.3 Å². The third-order valence-electron chi connectivity index (χ3n) is 2.58. The minimum absolute atomic E-state index is 0.138. The minimum Gasteiger partial charge on any atom is -0.481 e. The summed E-state index contributed by atoms with van der Waals surface area (Å²) < 4.78 is 0. The fourth-order valence-electron chi connectivity index (χ4n) is 1.74. The van der Waals surface area contributed by atoms with E-state index in [1.807, 2.05) is 30.3 Å². The van der Waals surface area contributed by atoms with Gasteiger partial charge in [0.25, 0.3) is 0 Å². The molecule has 1 N–H and O–H groups in total. The van der Waals surface area contributed by atoms with Crippen LogP contribution in [0.4, 0.5) is 0 Å². The Morgan fingerprint density at radius 2 is 1.94 bits per heavy atom. The highest BCUT2D eigenvalue weighted by molar-refractivity contribution is 7.99. The van der Waals surface area contributed by atoms with Gasteiger partial charge in [-0.1, -0.05) is 24.3 Å². The number of aliphatic carboxylic acids is 1. The van der Waals surface area contributed by atoms with Crippen molar-refractivity contribution in [1.82, 2.24) is 0 Å². The summed E-state index contributed by atoms with van der Waals surface area (Å²) in [6, 6.07) is 13.5. The van der Waals surface area contributed by atoms with Gasteiger partial charge < -0.3 is 5.11 Å². The van der Waals surface area contributed by atoms with Gasteiger partial charge in [-0.25, -0.2) is 0 Å². The third kappa shape index (κ3) is 2.63. The van der Waals surface area contributed by atoms with Crippen molar-refractivity contribution in [2.75, 3.05) is 5.75 Å². The van der Waals surface area contributed by atoms with E-state index < -0.39 is 5.97 Å². The maximum absolute atomic E-state index is 10.5. The largest absolute Gasteiger partial charge is 0.481 e. The van der Waals surface area contributed by atoms with E-state index in [1.54, 1.807) is 6.07 Å². The molecule has 4 heteroatoms. The summed E-state index contributed by atoms with van der Waals surface area (Å²) in [5.74, 6) is -0.258. The SMILES string of the molecule is N#Cc1ccc(SCCC(=O)O)c2ccccc12. The molecule has 0 fully saturated rings. The molecule has 3 nitrogen and oxygen atoms in total. The van der Waals surface area contributed by atoms with Gasteiger partial charge in [0.1, 0.15) is 0 Å². The van der Waals surface area contributed by atoms with Gasteiger partial charge in [-0.2, -0.15) is 5.26 Å². The molecule has 0 aliphatic heterocycles. The number of nitriles is 1. The second-order valence-electron chi connectivity index (χ2n) is 3.76. The Kier molecular flexibility index (Phi) is 3.85. The summed E-state index contributed by atoms with van der Waals surface area (Å²) in [4.78, 5) is 11.5. The standard InChI is InChI=1S/C14H11NO2S/c15-9-10-5-6-13(18-8-7-14(16)17)12-4-2-1-3-11(10)12/h1-6H,7-8H2,(H,16,17). The Labute approximate surface area is 109 Å². The van der Waals surface area contributed by atoms with Crippen molar-refractivity contribution in [2.45, 2.75) is 11.3 Å². The topological polar surface area (TPSA) is 61.1 Å². The van der Waals surface area contributed by atoms with Crippen LogP contribution in [0.3, 0.4) is 0 Å². The number of fused-ring (bicyclic) bond motifs is 1. The van der Waals surface area contributed by atoms with E-state index in [2.05, 4.69) is 6.07 Å². The first kappa shape index (κ1) is 12.5. The first-order chi connectivity index (χ1) is 8.72. The lowest BCUT2D eigenvalue weighted by Gasteiger charge is -2.06. The number of hydrogen-bond acceptors (Lipinski definition) is 3. The van der Waals surface area contributed by atoms with Crippen molar-refractivity contribution >= 4 is 28.5 Å². The van der Waals surface area contributed by atoms with Gasteiger partial charge in [-0.05, 0) is 17.5 Å². The van der Waals surface area contributed by atoms with Gasteiger partial charge in [0, 0.05) is 16.0 Å². The zero-order chi connectivity index (χ0) is 13.0. The summed E-state index contributed by atoms with van der Waals surface area (Å²) in [6.07, 6.45) is 0.138.